The number of nitro benzene ring substituents is 1. The van der Waals surface area contributed by atoms with Crippen molar-refractivity contribution >= 4 is 28.9 Å². The van der Waals surface area contributed by atoms with E-state index in [1.165, 1.54) is 18.2 Å². The van der Waals surface area contributed by atoms with Gasteiger partial charge in [-0.2, -0.15) is 5.10 Å². The number of benzene rings is 2. The Morgan fingerprint density at radius 3 is 2.54 bits per heavy atom. The number of aryl methyl sites for hydroxylation is 1. The average Bonchev–Trinajstić information content (AvgIpc) is 2.66. The first-order valence-electron chi connectivity index (χ1n) is 7.90. The molecule has 0 aromatic heterocycles. The van der Waals surface area contributed by atoms with Crippen LogP contribution in [0.5, 0.6) is 0 Å². The lowest BCUT2D eigenvalue weighted by Gasteiger charge is -2.08. The highest BCUT2D eigenvalue weighted by Gasteiger charge is 2.15. The third kappa shape index (κ3) is 4.73. The number of hydrogen-bond donors (Lipinski definition) is 2. The number of hydrogen-bond acceptors (Lipinski definition) is 5. The van der Waals surface area contributed by atoms with Gasteiger partial charge >= 0.3 is 11.8 Å². The minimum absolute atomic E-state index is 0.0858. The van der Waals surface area contributed by atoms with Gasteiger partial charge in [0.1, 0.15) is 0 Å². The third-order valence-electron chi connectivity index (χ3n) is 3.65. The number of carbonyl (C=O) groups is 2. The lowest BCUT2D eigenvalue weighted by atomic mass is 10.1. The molecule has 0 unspecified atom stereocenters. The molecule has 134 valence electrons. The molecule has 0 bridgehead atoms. The predicted octanol–water partition coefficient (Wildman–Crippen LogP) is 2.64. The molecule has 2 N–H and O–H groups in total. The standard InChI is InChI=1S/C18H18N4O4/c1-3-13-7-4-5-10-16(13)19-17(23)18(24)21-20-12(2)14-8-6-9-15(11-14)22(25)26/h4-11H,3H2,1-2H3,(H,19,23)(H,21,24). The molecule has 2 aromatic rings. The molecule has 0 fully saturated rings. The molecule has 0 atom stereocenters. The van der Waals surface area contributed by atoms with E-state index in [0.717, 1.165) is 5.56 Å². The molecule has 8 nitrogen and oxygen atoms in total. The summed E-state index contributed by atoms with van der Waals surface area (Å²) in [6.07, 6.45) is 0.710. The Morgan fingerprint density at radius 1 is 1.12 bits per heavy atom. The summed E-state index contributed by atoms with van der Waals surface area (Å²) in [6, 6.07) is 13.0. The minimum Gasteiger partial charge on any atom is -0.317 e. The number of hydrazone groups is 1. The number of nitro groups is 1. The largest absolute Gasteiger partial charge is 0.329 e. The summed E-state index contributed by atoms with van der Waals surface area (Å²) in [5, 5.41) is 17.2. The van der Waals surface area contributed by atoms with Gasteiger partial charge in [-0.1, -0.05) is 37.3 Å². The van der Waals surface area contributed by atoms with Crippen molar-refractivity contribution in [3.05, 3.63) is 69.8 Å². The van der Waals surface area contributed by atoms with Gasteiger partial charge in [0.15, 0.2) is 0 Å². The molecule has 0 aliphatic carbocycles. The van der Waals surface area contributed by atoms with E-state index in [-0.39, 0.29) is 5.69 Å². The second-order valence-corrected chi connectivity index (χ2v) is 5.41. The maximum atomic E-state index is 12.0. The molecule has 2 rings (SSSR count). The molecule has 0 radical (unpaired) electrons. The van der Waals surface area contributed by atoms with Crippen LogP contribution in [0, 0.1) is 10.1 Å². The molecule has 2 amide bonds. The molecule has 0 saturated heterocycles. The number of rotatable bonds is 5. The summed E-state index contributed by atoms with van der Waals surface area (Å²) in [5.41, 5.74) is 4.35. The van der Waals surface area contributed by atoms with Crippen molar-refractivity contribution in [2.75, 3.05) is 5.32 Å². The predicted molar refractivity (Wildman–Crippen MR) is 97.9 cm³/mol. The van der Waals surface area contributed by atoms with E-state index in [0.29, 0.717) is 23.4 Å². The van der Waals surface area contributed by atoms with Crippen molar-refractivity contribution < 1.29 is 14.5 Å². The monoisotopic (exact) mass is 354 g/mol. The van der Waals surface area contributed by atoms with Crippen LogP contribution in [0.3, 0.4) is 0 Å². The maximum absolute atomic E-state index is 12.0. The number of anilines is 1. The van der Waals surface area contributed by atoms with Crippen molar-refractivity contribution in [1.82, 2.24) is 5.43 Å². The average molecular weight is 354 g/mol. The highest BCUT2D eigenvalue weighted by Crippen LogP contribution is 2.15. The van der Waals surface area contributed by atoms with E-state index in [4.69, 9.17) is 0 Å². The Bertz CT molecular complexity index is 877. The maximum Gasteiger partial charge on any atom is 0.329 e. The second-order valence-electron chi connectivity index (χ2n) is 5.41. The first kappa shape index (κ1) is 18.8. The highest BCUT2D eigenvalue weighted by atomic mass is 16.6. The van der Waals surface area contributed by atoms with Gasteiger partial charge in [-0.3, -0.25) is 19.7 Å². The fourth-order valence-corrected chi connectivity index (χ4v) is 2.22. The second kappa shape index (κ2) is 8.52. The van der Waals surface area contributed by atoms with Gasteiger partial charge in [0, 0.05) is 23.4 Å². The molecule has 0 aliphatic rings. The molecule has 0 aliphatic heterocycles. The number of nitrogens with one attached hydrogen (secondary N) is 2. The zero-order chi connectivity index (χ0) is 19.1. The number of para-hydroxylation sites is 1. The van der Waals surface area contributed by atoms with Crippen LogP contribution in [-0.4, -0.2) is 22.4 Å². The van der Waals surface area contributed by atoms with Crippen LogP contribution < -0.4 is 10.7 Å². The summed E-state index contributed by atoms with van der Waals surface area (Å²) in [5.74, 6) is -1.78. The topological polar surface area (TPSA) is 114 Å². The van der Waals surface area contributed by atoms with Gasteiger partial charge in [-0.15, -0.1) is 0 Å². The molecule has 0 saturated carbocycles. The minimum atomic E-state index is -0.930. The molecule has 8 heteroatoms. The first-order valence-corrected chi connectivity index (χ1v) is 7.90. The Kier molecular flexibility index (Phi) is 6.15. The zero-order valence-electron chi connectivity index (χ0n) is 14.4. The third-order valence-corrected chi connectivity index (χ3v) is 3.65. The van der Waals surface area contributed by atoms with Gasteiger partial charge in [-0.05, 0) is 25.0 Å². The number of non-ortho nitro benzene ring substituents is 1. The fourth-order valence-electron chi connectivity index (χ4n) is 2.22. The van der Waals surface area contributed by atoms with E-state index in [9.17, 15) is 19.7 Å². The summed E-state index contributed by atoms with van der Waals surface area (Å²) in [4.78, 5) is 34.2. The Labute approximate surface area is 150 Å². The van der Waals surface area contributed by atoms with Crippen molar-refractivity contribution in [1.29, 1.82) is 0 Å². The Balaban J connectivity index is 2.04. The Hall–Kier alpha value is -3.55. The van der Waals surface area contributed by atoms with Crippen molar-refractivity contribution in [3.63, 3.8) is 0 Å². The summed E-state index contributed by atoms with van der Waals surface area (Å²) in [6.45, 7) is 3.52. The summed E-state index contributed by atoms with van der Waals surface area (Å²) < 4.78 is 0. The van der Waals surface area contributed by atoms with Crippen molar-refractivity contribution in [2.45, 2.75) is 20.3 Å². The van der Waals surface area contributed by atoms with Crippen LogP contribution in [0.25, 0.3) is 0 Å². The molecule has 0 spiro atoms. The van der Waals surface area contributed by atoms with E-state index in [2.05, 4.69) is 15.8 Å². The van der Waals surface area contributed by atoms with Crippen LogP contribution in [-0.2, 0) is 16.0 Å². The van der Waals surface area contributed by atoms with Crippen LogP contribution in [0.2, 0.25) is 0 Å². The number of amides is 2. The van der Waals surface area contributed by atoms with Crippen LogP contribution in [0.15, 0.2) is 53.6 Å². The van der Waals surface area contributed by atoms with Gasteiger partial charge in [0.25, 0.3) is 5.69 Å². The normalized spacial score (nSPS) is 10.9. The van der Waals surface area contributed by atoms with Crippen molar-refractivity contribution in [2.24, 2.45) is 5.10 Å². The van der Waals surface area contributed by atoms with Crippen molar-refractivity contribution in [3.8, 4) is 0 Å². The van der Waals surface area contributed by atoms with Gasteiger partial charge in [0.2, 0.25) is 0 Å². The van der Waals surface area contributed by atoms with Gasteiger partial charge < -0.3 is 5.32 Å². The van der Waals surface area contributed by atoms with E-state index in [1.807, 2.05) is 19.1 Å². The highest BCUT2D eigenvalue weighted by molar-refractivity contribution is 6.39. The Morgan fingerprint density at radius 2 is 1.85 bits per heavy atom. The molecule has 0 heterocycles. The lowest BCUT2D eigenvalue weighted by Crippen LogP contribution is -2.33. The quantitative estimate of drug-likeness (QED) is 0.372. The fraction of sp³-hybridized carbons (Fsp3) is 0.167. The molecule has 26 heavy (non-hydrogen) atoms. The molecular formula is C18H18N4O4. The van der Waals surface area contributed by atoms with E-state index < -0.39 is 16.7 Å². The number of carbonyl (C=O) groups excluding carboxylic acids is 2. The van der Waals surface area contributed by atoms with Crippen LogP contribution in [0.4, 0.5) is 11.4 Å². The van der Waals surface area contributed by atoms with Gasteiger partial charge in [-0.25, -0.2) is 5.43 Å². The summed E-state index contributed by atoms with van der Waals surface area (Å²) in [7, 11) is 0. The van der Waals surface area contributed by atoms with Crippen LogP contribution in [0.1, 0.15) is 25.0 Å². The smallest absolute Gasteiger partial charge is 0.317 e. The van der Waals surface area contributed by atoms with E-state index in [1.54, 1.807) is 25.1 Å². The molecule has 2 aromatic carbocycles. The molecular weight excluding hydrogens is 336 g/mol. The number of nitrogens with zero attached hydrogens (tertiary/aromatic N) is 2. The van der Waals surface area contributed by atoms with Gasteiger partial charge in [0.05, 0.1) is 10.6 Å². The lowest BCUT2D eigenvalue weighted by molar-refractivity contribution is -0.384. The van der Waals surface area contributed by atoms with Crippen LogP contribution >= 0.6 is 0 Å². The SMILES string of the molecule is CCc1ccccc1NC(=O)C(=O)NN=C(C)c1cccc([N+](=O)[O-])c1. The summed E-state index contributed by atoms with van der Waals surface area (Å²) >= 11 is 0. The first-order chi connectivity index (χ1) is 12.4. The van der Waals surface area contributed by atoms with E-state index >= 15 is 0 Å². The zero-order valence-corrected chi connectivity index (χ0v) is 14.4.